The van der Waals surface area contributed by atoms with Crippen molar-refractivity contribution in [3.8, 4) is 23.5 Å². The number of amides is 1. The van der Waals surface area contributed by atoms with Gasteiger partial charge in [-0.2, -0.15) is 0 Å². The number of nitrogens with one attached hydrogen (secondary N) is 1. The molecular formula is C23H16BrNO2. The molecule has 0 fully saturated rings. The third kappa shape index (κ3) is 3.47. The number of ether oxygens (including phenoxy) is 1. The smallest absolute Gasteiger partial charge is 0.411 e. The summed E-state index contributed by atoms with van der Waals surface area (Å²) in [4.78, 5) is 12.3. The van der Waals surface area contributed by atoms with Crippen LogP contribution in [0.25, 0.3) is 11.1 Å². The van der Waals surface area contributed by atoms with Crippen LogP contribution in [0.1, 0.15) is 22.6 Å². The zero-order chi connectivity index (χ0) is 18.8. The SMILES string of the molecule is C#Cc1cc(Br)cc(NC(=O)OCC2c3ccccc3-c3ccccc32)c1. The summed E-state index contributed by atoms with van der Waals surface area (Å²) in [6.45, 7) is 0.274. The molecule has 3 aromatic carbocycles. The van der Waals surface area contributed by atoms with Crippen LogP contribution < -0.4 is 5.32 Å². The van der Waals surface area contributed by atoms with Crippen LogP contribution in [0.4, 0.5) is 10.5 Å². The molecule has 1 amide bonds. The average molecular weight is 418 g/mol. The first kappa shape index (κ1) is 17.4. The molecule has 27 heavy (non-hydrogen) atoms. The van der Waals surface area contributed by atoms with Gasteiger partial charge in [0.15, 0.2) is 0 Å². The maximum atomic E-state index is 12.3. The van der Waals surface area contributed by atoms with Crippen molar-refractivity contribution in [1.82, 2.24) is 0 Å². The van der Waals surface area contributed by atoms with Crippen molar-refractivity contribution in [2.75, 3.05) is 11.9 Å². The van der Waals surface area contributed by atoms with Gasteiger partial charge in [0, 0.05) is 21.6 Å². The standard InChI is InChI=1S/C23H16BrNO2/c1-2-15-11-16(24)13-17(12-15)25-23(26)27-14-22-20-9-5-3-7-18(20)19-8-4-6-10-21(19)22/h1,3-13,22H,14H2,(H,25,26). The first-order chi connectivity index (χ1) is 13.2. The molecule has 4 heteroatoms. The second-order valence-corrected chi connectivity index (χ2v) is 7.24. The zero-order valence-electron chi connectivity index (χ0n) is 14.4. The van der Waals surface area contributed by atoms with Gasteiger partial charge in [0.25, 0.3) is 0 Å². The van der Waals surface area contributed by atoms with E-state index in [0.29, 0.717) is 11.3 Å². The van der Waals surface area contributed by atoms with Crippen molar-refractivity contribution in [1.29, 1.82) is 0 Å². The number of terminal acetylenes is 1. The second kappa shape index (κ2) is 7.30. The largest absolute Gasteiger partial charge is 0.448 e. The molecule has 0 radical (unpaired) electrons. The molecule has 1 N–H and O–H groups in total. The molecule has 132 valence electrons. The summed E-state index contributed by atoms with van der Waals surface area (Å²) in [5.74, 6) is 2.59. The van der Waals surface area contributed by atoms with Gasteiger partial charge < -0.3 is 4.74 Å². The lowest BCUT2D eigenvalue weighted by molar-refractivity contribution is 0.158. The van der Waals surface area contributed by atoms with Crippen molar-refractivity contribution in [2.45, 2.75) is 5.92 Å². The van der Waals surface area contributed by atoms with Crippen LogP contribution >= 0.6 is 15.9 Å². The van der Waals surface area contributed by atoms with E-state index in [1.165, 1.54) is 22.3 Å². The first-order valence-electron chi connectivity index (χ1n) is 8.55. The fraction of sp³-hybridized carbons (Fsp3) is 0.0870. The molecular weight excluding hydrogens is 402 g/mol. The molecule has 4 rings (SSSR count). The van der Waals surface area contributed by atoms with Crippen molar-refractivity contribution in [3.05, 3.63) is 87.9 Å². The van der Waals surface area contributed by atoms with Gasteiger partial charge in [-0.15, -0.1) is 6.42 Å². The number of carbonyl (C=O) groups excluding carboxylic acids is 1. The molecule has 0 heterocycles. The summed E-state index contributed by atoms with van der Waals surface area (Å²) in [6, 6.07) is 21.8. The highest BCUT2D eigenvalue weighted by Gasteiger charge is 2.28. The normalized spacial score (nSPS) is 12.0. The van der Waals surface area contributed by atoms with E-state index in [0.717, 1.165) is 4.47 Å². The Bertz CT molecular complexity index is 1020. The van der Waals surface area contributed by atoms with Gasteiger partial charge in [-0.1, -0.05) is 70.4 Å². The van der Waals surface area contributed by atoms with Gasteiger partial charge in [-0.25, -0.2) is 4.79 Å². The maximum absolute atomic E-state index is 12.3. The second-order valence-electron chi connectivity index (χ2n) is 6.32. The van der Waals surface area contributed by atoms with Crippen molar-refractivity contribution >= 4 is 27.7 Å². The zero-order valence-corrected chi connectivity index (χ0v) is 16.0. The number of hydrogen-bond donors (Lipinski definition) is 1. The molecule has 0 unspecified atom stereocenters. The van der Waals surface area contributed by atoms with E-state index in [9.17, 15) is 4.79 Å². The Balaban J connectivity index is 1.50. The number of fused-ring (bicyclic) bond motifs is 3. The summed E-state index contributed by atoms with van der Waals surface area (Å²) in [7, 11) is 0. The Hall–Kier alpha value is -3.03. The third-order valence-corrected chi connectivity index (χ3v) is 5.11. The van der Waals surface area contributed by atoms with E-state index >= 15 is 0 Å². The third-order valence-electron chi connectivity index (χ3n) is 4.65. The minimum Gasteiger partial charge on any atom is -0.448 e. The molecule has 0 saturated heterocycles. The summed E-state index contributed by atoms with van der Waals surface area (Å²) in [5.41, 5.74) is 6.04. The van der Waals surface area contributed by atoms with Gasteiger partial charge in [-0.05, 0) is 40.5 Å². The first-order valence-corrected chi connectivity index (χ1v) is 9.34. The molecule has 0 aliphatic heterocycles. The molecule has 0 aromatic heterocycles. The van der Waals surface area contributed by atoms with Gasteiger partial charge in [0.05, 0.1) is 0 Å². The van der Waals surface area contributed by atoms with Crippen LogP contribution in [-0.2, 0) is 4.74 Å². The fourth-order valence-electron chi connectivity index (χ4n) is 3.50. The van der Waals surface area contributed by atoms with E-state index in [2.05, 4.69) is 51.4 Å². The fourth-order valence-corrected chi connectivity index (χ4v) is 3.99. The number of benzene rings is 3. The van der Waals surface area contributed by atoms with Crippen LogP contribution in [0.15, 0.2) is 71.2 Å². The summed E-state index contributed by atoms with van der Waals surface area (Å²) >= 11 is 3.38. The topological polar surface area (TPSA) is 38.3 Å². The number of halogens is 1. The van der Waals surface area contributed by atoms with E-state index in [1.807, 2.05) is 30.3 Å². The predicted octanol–water partition coefficient (Wildman–Crippen LogP) is 5.79. The average Bonchev–Trinajstić information content (AvgIpc) is 3.00. The number of rotatable bonds is 3. The number of hydrogen-bond acceptors (Lipinski definition) is 2. The monoisotopic (exact) mass is 417 g/mol. The Labute approximate surface area is 166 Å². The number of anilines is 1. The van der Waals surface area contributed by atoms with Crippen LogP contribution in [-0.4, -0.2) is 12.7 Å². The maximum Gasteiger partial charge on any atom is 0.411 e. The van der Waals surface area contributed by atoms with Crippen LogP contribution in [0.2, 0.25) is 0 Å². The molecule has 1 aliphatic rings. The summed E-state index contributed by atoms with van der Waals surface area (Å²) in [5, 5.41) is 2.74. The van der Waals surface area contributed by atoms with E-state index in [1.54, 1.807) is 12.1 Å². The van der Waals surface area contributed by atoms with Crippen molar-refractivity contribution in [3.63, 3.8) is 0 Å². The van der Waals surface area contributed by atoms with Gasteiger partial charge >= 0.3 is 6.09 Å². The van der Waals surface area contributed by atoms with Crippen LogP contribution in [0.3, 0.4) is 0 Å². The van der Waals surface area contributed by atoms with Gasteiger partial charge in [0.2, 0.25) is 0 Å². The molecule has 1 aliphatic carbocycles. The van der Waals surface area contributed by atoms with Crippen LogP contribution in [0, 0.1) is 12.3 Å². The lowest BCUT2D eigenvalue weighted by Gasteiger charge is -2.14. The Kier molecular flexibility index (Phi) is 4.70. The highest BCUT2D eigenvalue weighted by atomic mass is 79.9. The molecule has 0 saturated carbocycles. The molecule has 0 bridgehead atoms. The Morgan fingerprint density at radius 2 is 1.67 bits per heavy atom. The van der Waals surface area contributed by atoms with E-state index in [-0.39, 0.29) is 12.5 Å². The lowest BCUT2D eigenvalue weighted by atomic mass is 9.98. The minimum absolute atomic E-state index is 0.0342. The highest BCUT2D eigenvalue weighted by molar-refractivity contribution is 9.10. The van der Waals surface area contributed by atoms with E-state index in [4.69, 9.17) is 11.2 Å². The molecule has 3 nitrogen and oxygen atoms in total. The van der Waals surface area contributed by atoms with Crippen LogP contribution in [0.5, 0.6) is 0 Å². The highest BCUT2D eigenvalue weighted by Crippen LogP contribution is 2.44. The van der Waals surface area contributed by atoms with Crippen molar-refractivity contribution in [2.24, 2.45) is 0 Å². The molecule has 0 spiro atoms. The lowest BCUT2D eigenvalue weighted by Crippen LogP contribution is -2.18. The van der Waals surface area contributed by atoms with Gasteiger partial charge in [-0.3, -0.25) is 5.32 Å². The predicted molar refractivity (Wildman–Crippen MR) is 111 cm³/mol. The van der Waals surface area contributed by atoms with E-state index < -0.39 is 6.09 Å². The van der Waals surface area contributed by atoms with Gasteiger partial charge in [0.1, 0.15) is 6.61 Å². The Morgan fingerprint density at radius 1 is 1.04 bits per heavy atom. The summed E-state index contributed by atoms with van der Waals surface area (Å²) in [6.07, 6.45) is 4.93. The quantitative estimate of drug-likeness (QED) is 0.547. The minimum atomic E-state index is -0.502. The summed E-state index contributed by atoms with van der Waals surface area (Å²) < 4.78 is 6.34. The van der Waals surface area contributed by atoms with Crippen molar-refractivity contribution < 1.29 is 9.53 Å². The molecule has 0 atom stereocenters. The molecule has 3 aromatic rings. The number of carbonyl (C=O) groups is 1. The Morgan fingerprint density at radius 3 is 2.30 bits per heavy atom.